The minimum Gasteiger partial charge on any atom is -0.396 e. The lowest BCUT2D eigenvalue weighted by Crippen LogP contribution is -2.34. The minimum atomic E-state index is -0.0339. The highest BCUT2D eigenvalue weighted by Crippen LogP contribution is 2.12. The Balaban J connectivity index is 2.55. The van der Waals surface area contributed by atoms with E-state index >= 15 is 0 Å². The molecule has 2 N–H and O–H groups in total. The second-order valence-electron chi connectivity index (χ2n) is 6.07. The Hall–Kier alpha value is -0.940. The third kappa shape index (κ3) is 4.38. The molecule has 0 amide bonds. The summed E-state index contributed by atoms with van der Waals surface area (Å²) >= 11 is 0. The smallest absolute Gasteiger partial charge is 0.0965 e. The average molecular weight is 254 g/mol. The van der Waals surface area contributed by atoms with Crippen LogP contribution in [0.1, 0.15) is 46.7 Å². The van der Waals surface area contributed by atoms with E-state index in [-0.39, 0.29) is 12.1 Å². The van der Waals surface area contributed by atoms with Gasteiger partial charge in [-0.25, -0.2) is 4.68 Å². The van der Waals surface area contributed by atoms with Crippen molar-refractivity contribution in [2.75, 3.05) is 6.61 Å². The molecule has 1 aromatic rings. The van der Waals surface area contributed by atoms with Crippen molar-refractivity contribution in [2.45, 2.75) is 59.2 Å². The number of nitrogens with one attached hydrogen (secondary N) is 1. The molecule has 1 rings (SSSR count). The molecule has 0 saturated heterocycles. The van der Waals surface area contributed by atoms with E-state index in [0.717, 1.165) is 12.1 Å². The van der Waals surface area contributed by atoms with Gasteiger partial charge >= 0.3 is 0 Å². The SMILES string of the molecule is CC(C)C(CCO)NCc1cn(C(C)(C)C)nn1. The van der Waals surface area contributed by atoms with E-state index in [1.807, 2.05) is 10.9 Å². The summed E-state index contributed by atoms with van der Waals surface area (Å²) in [5.41, 5.74) is 0.905. The van der Waals surface area contributed by atoms with Gasteiger partial charge in [-0.1, -0.05) is 19.1 Å². The van der Waals surface area contributed by atoms with Gasteiger partial charge in [-0.2, -0.15) is 0 Å². The lowest BCUT2D eigenvalue weighted by atomic mass is 10.0. The molecule has 0 spiro atoms. The molecule has 0 aliphatic carbocycles. The molecule has 0 fully saturated rings. The summed E-state index contributed by atoms with van der Waals surface area (Å²) in [5, 5.41) is 20.7. The van der Waals surface area contributed by atoms with Gasteiger partial charge in [-0.3, -0.25) is 0 Å². The fourth-order valence-electron chi connectivity index (χ4n) is 1.75. The molecule has 1 aromatic heterocycles. The Labute approximate surface area is 110 Å². The van der Waals surface area contributed by atoms with Crippen LogP contribution in [0.5, 0.6) is 0 Å². The molecule has 1 heterocycles. The van der Waals surface area contributed by atoms with Crippen molar-refractivity contribution in [3.63, 3.8) is 0 Å². The Morgan fingerprint density at radius 2 is 2.06 bits per heavy atom. The summed E-state index contributed by atoms with van der Waals surface area (Å²) in [5.74, 6) is 0.495. The first-order valence-electron chi connectivity index (χ1n) is 6.60. The van der Waals surface area contributed by atoms with Crippen LogP contribution >= 0.6 is 0 Å². The van der Waals surface area contributed by atoms with Crippen molar-refractivity contribution in [2.24, 2.45) is 5.92 Å². The summed E-state index contributed by atoms with van der Waals surface area (Å²) in [6.07, 6.45) is 2.74. The fraction of sp³-hybridized carbons (Fsp3) is 0.846. The molecular formula is C13H26N4O. The third-order valence-corrected chi connectivity index (χ3v) is 3.02. The van der Waals surface area contributed by atoms with E-state index in [2.05, 4.69) is 50.2 Å². The number of hydrogen-bond donors (Lipinski definition) is 2. The summed E-state index contributed by atoms with van der Waals surface area (Å²) in [6.45, 7) is 11.5. The minimum absolute atomic E-state index is 0.0339. The summed E-state index contributed by atoms with van der Waals surface area (Å²) < 4.78 is 1.88. The van der Waals surface area contributed by atoms with Crippen LogP contribution in [0.25, 0.3) is 0 Å². The van der Waals surface area contributed by atoms with Crippen LogP contribution in [0.15, 0.2) is 6.20 Å². The number of hydrogen-bond acceptors (Lipinski definition) is 4. The van der Waals surface area contributed by atoms with E-state index in [4.69, 9.17) is 5.11 Å². The Bertz CT molecular complexity index is 354. The number of rotatable bonds is 6. The van der Waals surface area contributed by atoms with Crippen molar-refractivity contribution < 1.29 is 5.11 Å². The van der Waals surface area contributed by atoms with Crippen molar-refractivity contribution in [3.8, 4) is 0 Å². The van der Waals surface area contributed by atoms with Gasteiger partial charge in [0.1, 0.15) is 0 Å². The van der Waals surface area contributed by atoms with Crippen molar-refractivity contribution in [1.29, 1.82) is 0 Å². The zero-order chi connectivity index (χ0) is 13.8. The van der Waals surface area contributed by atoms with Gasteiger partial charge in [0.25, 0.3) is 0 Å². The average Bonchev–Trinajstić information content (AvgIpc) is 2.71. The van der Waals surface area contributed by atoms with Gasteiger partial charge < -0.3 is 10.4 Å². The van der Waals surface area contributed by atoms with Crippen LogP contribution in [-0.4, -0.2) is 32.7 Å². The van der Waals surface area contributed by atoms with Crippen LogP contribution < -0.4 is 5.32 Å². The summed E-state index contributed by atoms with van der Waals surface area (Å²) in [4.78, 5) is 0. The molecule has 0 aromatic carbocycles. The normalized spacial score (nSPS) is 14.2. The number of aliphatic hydroxyl groups excluding tert-OH is 1. The van der Waals surface area contributed by atoms with Crippen LogP contribution in [0.2, 0.25) is 0 Å². The highest BCUT2D eigenvalue weighted by Gasteiger charge is 2.16. The quantitative estimate of drug-likeness (QED) is 0.808. The van der Waals surface area contributed by atoms with Gasteiger partial charge in [-0.15, -0.1) is 5.10 Å². The van der Waals surface area contributed by atoms with E-state index in [9.17, 15) is 0 Å². The molecule has 104 valence electrons. The van der Waals surface area contributed by atoms with Gasteiger partial charge in [-0.05, 0) is 33.1 Å². The van der Waals surface area contributed by atoms with E-state index in [1.54, 1.807) is 0 Å². The molecule has 1 unspecified atom stereocenters. The van der Waals surface area contributed by atoms with E-state index in [1.165, 1.54) is 0 Å². The largest absolute Gasteiger partial charge is 0.396 e. The van der Waals surface area contributed by atoms with Crippen LogP contribution in [0.4, 0.5) is 0 Å². The molecule has 0 radical (unpaired) electrons. The molecular weight excluding hydrogens is 228 g/mol. The Morgan fingerprint density at radius 3 is 2.50 bits per heavy atom. The van der Waals surface area contributed by atoms with Gasteiger partial charge in [0.05, 0.1) is 17.4 Å². The maximum absolute atomic E-state index is 9.02. The second kappa shape index (κ2) is 6.29. The van der Waals surface area contributed by atoms with Gasteiger partial charge in [0.2, 0.25) is 0 Å². The summed E-state index contributed by atoms with van der Waals surface area (Å²) in [7, 11) is 0. The molecule has 18 heavy (non-hydrogen) atoms. The highest BCUT2D eigenvalue weighted by molar-refractivity contribution is 4.94. The standard InChI is InChI=1S/C13H26N4O/c1-10(2)12(6-7-18)14-8-11-9-17(16-15-11)13(3,4)5/h9-10,12,14,18H,6-8H2,1-5H3. The summed E-state index contributed by atoms with van der Waals surface area (Å²) in [6, 6.07) is 0.315. The second-order valence-corrected chi connectivity index (χ2v) is 6.07. The first-order valence-corrected chi connectivity index (χ1v) is 6.60. The van der Waals surface area contributed by atoms with Crippen LogP contribution in [0, 0.1) is 5.92 Å². The maximum atomic E-state index is 9.02. The van der Waals surface area contributed by atoms with Crippen molar-refractivity contribution in [3.05, 3.63) is 11.9 Å². The van der Waals surface area contributed by atoms with Crippen molar-refractivity contribution >= 4 is 0 Å². The van der Waals surface area contributed by atoms with Gasteiger partial charge in [0.15, 0.2) is 0 Å². The molecule has 0 aliphatic rings. The third-order valence-electron chi connectivity index (χ3n) is 3.02. The van der Waals surface area contributed by atoms with Crippen LogP contribution in [-0.2, 0) is 12.1 Å². The lowest BCUT2D eigenvalue weighted by molar-refractivity contribution is 0.243. The zero-order valence-electron chi connectivity index (χ0n) is 12.1. The van der Waals surface area contributed by atoms with E-state index in [0.29, 0.717) is 18.5 Å². The predicted molar refractivity (Wildman–Crippen MR) is 72.2 cm³/mol. The predicted octanol–water partition coefficient (Wildman–Crippen LogP) is 1.53. The fourth-order valence-corrected chi connectivity index (χ4v) is 1.75. The monoisotopic (exact) mass is 254 g/mol. The molecule has 0 saturated carbocycles. The topological polar surface area (TPSA) is 63.0 Å². The molecule has 5 nitrogen and oxygen atoms in total. The molecule has 0 bridgehead atoms. The zero-order valence-corrected chi connectivity index (χ0v) is 12.1. The van der Waals surface area contributed by atoms with Gasteiger partial charge in [0, 0.05) is 19.2 Å². The molecule has 1 atom stereocenters. The first-order chi connectivity index (χ1) is 8.34. The number of nitrogens with zero attached hydrogens (tertiary/aromatic N) is 3. The highest BCUT2D eigenvalue weighted by atomic mass is 16.3. The Kier molecular flexibility index (Phi) is 5.28. The Morgan fingerprint density at radius 1 is 1.39 bits per heavy atom. The lowest BCUT2D eigenvalue weighted by Gasteiger charge is -2.21. The number of aromatic nitrogens is 3. The van der Waals surface area contributed by atoms with Crippen LogP contribution in [0.3, 0.4) is 0 Å². The van der Waals surface area contributed by atoms with Crippen molar-refractivity contribution in [1.82, 2.24) is 20.3 Å². The maximum Gasteiger partial charge on any atom is 0.0965 e. The van der Waals surface area contributed by atoms with E-state index < -0.39 is 0 Å². The first kappa shape index (κ1) is 15.1. The molecule has 0 aliphatic heterocycles. The molecule has 5 heteroatoms. The number of aliphatic hydroxyl groups is 1.